The van der Waals surface area contributed by atoms with Crippen molar-refractivity contribution in [3.05, 3.63) is 0 Å². The van der Waals surface area contributed by atoms with Gasteiger partial charge in [0.05, 0.1) is 0 Å². The molecule has 2 amide bonds. The van der Waals surface area contributed by atoms with Gasteiger partial charge < -0.3 is 15.4 Å². The van der Waals surface area contributed by atoms with Crippen LogP contribution in [0.5, 0.6) is 0 Å². The van der Waals surface area contributed by atoms with E-state index in [0.717, 1.165) is 0 Å². The zero-order chi connectivity index (χ0) is 8.01. The third-order valence-corrected chi connectivity index (χ3v) is 1.62. The maximum atomic E-state index is 10.7. The summed E-state index contributed by atoms with van der Waals surface area (Å²) in [5, 5.41) is 4.50. The lowest BCUT2D eigenvalue weighted by Crippen LogP contribution is -2.35. The van der Waals surface area contributed by atoms with Gasteiger partial charge >= 0.3 is 18.0 Å². The van der Waals surface area contributed by atoms with E-state index >= 15 is 0 Å². The normalized spacial score (nSPS) is 34.4. The summed E-state index contributed by atoms with van der Waals surface area (Å²) < 4.78 is 4.22. The van der Waals surface area contributed by atoms with Gasteiger partial charge in [0.2, 0.25) is 0 Å². The van der Waals surface area contributed by atoms with E-state index < -0.39 is 30.1 Å². The van der Waals surface area contributed by atoms with Crippen LogP contribution in [-0.4, -0.2) is 30.1 Å². The Balaban J connectivity index is 2.29. The molecule has 0 aromatic rings. The lowest BCUT2D eigenvalue weighted by Gasteiger charge is -1.95. The fourth-order valence-corrected chi connectivity index (χ4v) is 1.11. The SMILES string of the molecule is O=C1N[C@@H]2C(=O)OC(=O)[C@H]2N1. The molecule has 6 heteroatoms. The van der Waals surface area contributed by atoms with Gasteiger partial charge in [0, 0.05) is 0 Å². The molecule has 11 heavy (non-hydrogen) atoms. The maximum absolute atomic E-state index is 10.7. The van der Waals surface area contributed by atoms with Crippen molar-refractivity contribution >= 4 is 18.0 Å². The quantitative estimate of drug-likeness (QED) is 0.317. The largest absolute Gasteiger partial charge is 0.390 e. The van der Waals surface area contributed by atoms with Crippen LogP contribution in [0.25, 0.3) is 0 Å². The number of amides is 2. The lowest BCUT2D eigenvalue weighted by atomic mass is 10.2. The minimum atomic E-state index is -0.824. The first-order valence-corrected chi connectivity index (χ1v) is 3.01. The van der Waals surface area contributed by atoms with E-state index in [2.05, 4.69) is 15.4 Å². The van der Waals surface area contributed by atoms with Gasteiger partial charge in [0.15, 0.2) is 12.1 Å². The molecule has 2 atom stereocenters. The summed E-state index contributed by atoms with van der Waals surface area (Å²) in [5.41, 5.74) is 0. The standard InChI is InChI=1S/C5H4N2O4/c8-3-1-2(4(9)11-3)7-5(10)6-1/h1-2H,(H2,6,7,10)/t1-,2-/m0/s1. The summed E-state index contributed by atoms with van der Waals surface area (Å²) in [6.45, 7) is 0. The van der Waals surface area contributed by atoms with Gasteiger partial charge in [0.1, 0.15) is 0 Å². The fourth-order valence-electron chi connectivity index (χ4n) is 1.11. The van der Waals surface area contributed by atoms with E-state index in [1.54, 1.807) is 0 Å². The summed E-state index contributed by atoms with van der Waals surface area (Å²) >= 11 is 0. The molecule has 0 bridgehead atoms. The van der Waals surface area contributed by atoms with Gasteiger partial charge in [-0.05, 0) is 0 Å². The Bertz CT molecular complexity index is 237. The van der Waals surface area contributed by atoms with Crippen LogP contribution in [0.15, 0.2) is 0 Å². The molecule has 0 spiro atoms. The van der Waals surface area contributed by atoms with E-state index in [1.165, 1.54) is 0 Å². The van der Waals surface area contributed by atoms with Crippen LogP contribution in [0, 0.1) is 0 Å². The lowest BCUT2D eigenvalue weighted by molar-refractivity contribution is -0.153. The van der Waals surface area contributed by atoms with E-state index in [-0.39, 0.29) is 0 Å². The highest BCUT2D eigenvalue weighted by Crippen LogP contribution is 2.13. The van der Waals surface area contributed by atoms with Gasteiger partial charge in [-0.15, -0.1) is 0 Å². The second kappa shape index (κ2) is 1.71. The summed E-state index contributed by atoms with van der Waals surface area (Å²) in [6, 6.07) is -2.16. The van der Waals surface area contributed by atoms with Crippen molar-refractivity contribution in [1.82, 2.24) is 10.6 Å². The second-order valence-corrected chi connectivity index (χ2v) is 2.31. The van der Waals surface area contributed by atoms with Crippen LogP contribution in [0.2, 0.25) is 0 Å². The zero-order valence-corrected chi connectivity index (χ0v) is 5.29. The first-order chi connectivity index (χ1) is 5.18. The molecule has 2 heterocycles. The Morgan fingerprint density at radius 2 is 1.45 bits per heavy atom. The molecule has 2 saturated heterocycles. The summed E-state index contributed by atoms with van der Waals surface area (Å²) in [7, 11) is 0. The monoisotopic (exact) mass is 156 g/mol. The molecular weight excluding hydrogens is 152 g/mol. The highest BCUT2D eigenvalue weighted by atomic mass is 16.6. The molecule has 6 nitrogen and oxygen atoms in total. The Morgan fingerprint density at radius 1 is 1.00 bits per heavy atom. The molecule has 0 aromatic heterocycles. The smallest absolute Gasteiger partial charge is 0.339 e. The Kier molecular flexibility index (Phi) is 0.957. The molecule has 0 radical (unpaired) electrons. The highest BCUT2D eigenvalue weighted by molar-refractivity contribution is 6.06. The number of carbonyl (C=O) groups excluding carboxylic acids is 3. The third kappa shape index (κ3) is 0.688. The molecule has 0 unspecified atom stereocenters. The fraction of sp³-hybridized carbons (Fsp3) is 0.400. The Morgan fingerprint density at radius 3 is 1.91 bits per heavy atom. The number of hydrogen-bond donors (Lipinski definition) is 2. The highest BCUT2D eigenvalue weighted by Gasteiger charge is 2.50. The number of urea groups is 1. The summed E-state index contributed by atoms with van der Waals surface area (Å²) in [5.74, 6) is -1.39. The number of cyclic esters (lactones) is 2. The summed E-state index contributed by atoms with van der Waals surface area (Å²) in [6.07, 6.45) is 0. The molecule has 2 aliphatic heterocycles. The number of esters is 2. The first kappa shape index (κ1) is 6.14. The van der Waals surface area contributed by atoms with Crippen molar-refractivity contribution < 1.29 is 19.1 Å². The van der Waals surface area contributed by atoms with Crippen LogP contribution >= 0.6 is 0 Å². The molecule has 0 saturated carbocycles. The third-order valence-electron chi connectivity index (χ3n) is 1.62. The van der Waals surface area contributed by atoms with E-state index in [9.17, 15) is 14.4 Å². The molecule has 0 aliphatic carbocycles. The molecule has 2 aliphatic rings. The van der Waals surface area contributed by atoms with Crippen LogP contribution in [0.4, 0.5) is 4.79 Å². The first-order valence-electron chi connectivity index (χ1n) is 3.01. The van der Waals surface area contributed by atoms with Gasteiger partial charge in [0.25, 0.3) is 0 Å². The van der Waals surface area contributed by atoms with E-state index in [0.29, 0.717) is 0 Å². The zero-order valence-electron chi connectivity index (χ0n) is 5.29. The second-order valence-electron chi connectivity index (χ2n) is 2.31. The molecular formula is C5H4N2O4. The Hall–Kier alpha value is -1.59. The predicted octanol–water partition coefficient (Wildman–Crippen LogP) is -1.88. The van der Waals surface area contributed by atoms with Gasteiger partial charge in [-0.25, -0.2) is 14.4 Å². The van der Waals surface area contributed by atoms with Crippen LogP contribution in [0.3, 0.4) is 0 Å². The number of carbonyl (C=O) groups is 3. The molecule has 2 N–H and O–H groups in total. The predicted molar refractivity (Wildman–Crippen MR) is 30.3 cm³/mol. The minimum absolute atomic E-state index is 0.509. The van der Waals surface area contributed by atoms with Crippen molar-refractivity contribution in [3.63, 3.8) is 0 Å². The number of hydrogen-bond acceptors (Lipinski definition) is 4. The molecule has 0 aromatic carbocycles. The molecule has 2 fully saturated rings. The molecule has 2 rings (SSSR count). The van der Waals surface area contributed by atoms with Gasteiger partial charge in [-0.1, -0.05) is 0 Å². The van der Waals surface area contributed by atoms with Crippen molar-refractivity contribution in [2.75, 3.05) is 0 Å². The topological polar surface area (TPSA) is 84.5 Å². The van der Waals surface area contributed by atoms with Crippen LogP contribution in [0.1, 0.15) is 0 Å². The summed E-state index contributed by atoms with van der Waals surface area (Å²) in [4.78, 5) is 32.0. The van der Waals surface area contributed by atoms with Crippen molar-refractivity contribution in [3.8, 4) is 0 Å². The minimum Gasteiger partial charge on any atom is -0.390 e. The van der Waals surface area contributed by atoms with Gasteiger partial charge in [-0.2, -0.15) is 0 Å². The average molecular weight is 156 g/mol. The van der Waals surface area contributed by atoms with E-state index in [1.807, 2.05) is 0 Å². The maximum Gasteiger partial charge on any atom is 0.339 e. The van der Waals surface area contributed by atoms with E-state index in [4.69, 9.17) is 0 Å². The number of rotatable bonds is 0. The van der Waals surface area contributed by atoms with Crippen LogP contribution in [-0.2, 0) is 14.3 Å². The Labute approximate surface area is 60.9 Å². The number of ether oxygens (including phenoxy) is 1. The van der Waals surface area contributed by atoms with Crippen molar-refractivity contribution in [1.29, 1.82) is 0 Å². The van der Waals surface area contributed by atoms with Gasteiger partial charge in [-0.3, -0.25) is 0 Å². The number of nitrogens with one attached hydrogen (secondary N) is 2. The van der Waals surface area contributed by atoms with Crippen molar-refractivity contribution in [2.45, 2.75) is 12.1 Å². The van der Waals surface area contributed by atoms with Crippen LogP contribution < -0.4 is 10.6 Å². The van der Waals surface area contributed by atoms with Crippen molar-refractivity contribution in [2.24, 2.45) is 0 Å². The molecule has 58 valence electrons. The number of fused-ring (bicyclic) bond motifs is 1. The average Bonchev–Trinajstić information content (AvgIpc) is 2.38.